The summed E-state index contributed by atoms with van der Waals surface area (Å²) < 4.78 is 9.79. The first-order chi connectivity index (χ1) is 25.3. The second-order valence-electron chi connectivity index (χ2n) is 14.2. The summed E-state index contributed by atoms with van der Waals surface area (Å²) in [5.74, 6) is -4.00. The number of ether oxygens (including phenoxy) is 2. The van der Waals surface area contributed by atoms with Crippen LogP contribution in [0.25, 0.3) is 0 Å². The van der Waals surface area contributed by atoms with Crippen LogP contribution in [0.1, 0.15) is 219 Å². The fourth-order valence-corrected chi connectivity index (χ4v) is 6.01. The molecule has 304 valence electrons. The van der Waals surface area contributed by atoms with Gasteiger partial charge in [-0.05, 0) is 25.0 Å². The fraction of sp³-hybridized carbons (Fsp3) is 0.818. The molecular formula is C44H78MgO8. The van der Waals surface area contributed by atoms with Gasteiger partial charge in [0, 0.05) is 12.2 Å². The third-order valence-corrected chi connectivity index (χ3v) is 9.20. The van der Waals surface area contributed by atoms with Gasteiger partial charge in [-0.3, -0.25) is 0 Å². The van der Waals surface area contributed by atoms with Gasteiger partial charge in [0.2, 0.25) is 0 Å². The van der Waals surface area contributed by atoms with E-state index < -0.39 is 23.9 Å². The van der Waals surface area contributed by atoms with Crippen LogP contribution < -0.4 is 10.2 Å². The quantitative estimate of drug-likeness (QED) is 0.0263. The first kappa shape index (κ1) is 55.5. The largest absolute Gasteiger partial charge is 2.00 e. The summed E-state index contributed by atoms with van der Waals surface area (Å²) in [7, 11) is 0. The maximum atomic E-state index is 11.1. The Balaban J connectivity index is -0.000000926. The van der Waals surface area contributed by atoms with E-state index >= 15 is 0 Å². The van der Waals surface area contributed by atoms with Gasteiger partial charge in [0.05, 0.1) is 25.2 Å². The Bertz CT molecular complexity index is 803. The van der Waals surface area contributed by atoms with Crippen LogP contribution in [0.4, 0.5) is 0 Å². The second-order valence-corrected chi connectivity index (χ2v) is 14.2. The van der Waals surface area contributed by atoms with Gasteiger partial charge in [-0.1, -0.05) is 206 Å². The number of carboxylic acid groups (broad SMARTS) is 2. The van der Waals surface area contributed by atoms with Crippen molar-refractivity contribution in [3.63, 3.8) is 0 Å². The Labute approximate surface area is 341 Å². The Morgan fingerprint density at radius 3 is 0.717 bits per heavy atom. The maximum Gasteiger partial charge on any atom is 2.00 e. The third kappa shape index (κ3) is 54.6. The number of hydrogen-bond donors (Lipinski definition) is 0. The molecule has 0 radical (unpaired) electrons. The number of carbonyl (C=O) groups excluding carboxylic acids is 4. The molecule has 0 aliphatic carbocycles. The van der Waals surface area contributed by atoms with Crippen LogP contribution in [-0.2, 0) is 28.7 Å². The summed E-state index contributed by atoms with van der Waals surface area (Å²) in [5, 5.41) is 20.3. The summed E-state index contributed by atoms with van der Waals surface area (Å²) in [6, 6.07) is 0. The minimum atomic E-state index is -1.38. The zero-order valence-electron chi connectivity index (χ0n) is 34.3. The van der Waals surface area contributed by atoms with Gasteiger partial charge in [-0.2, -0.15) is 0 Å². The fourth-order valence-electron chi connectivity index (χ4n) is 6.01. The SMILES string of the molecule is CCCCCCCCCCCCCCCCCCOC(=O)/C=C\C(=O)[O-].CCCCCCCCCCCCCCCCCCOC(=O)/C=C\C(=O)[O-].[Mg+2]. The van der Waals surface area contributed by atoms with Gasteiger partial charge in [0.1, 0.15) is 0 Å². The summed E-state index contributed by atoms with van der Waals surface area (Å²) in [4.78, 5) is 42.5. The van der Waals surface area contributed by atoms with E-state index in [0.717, 1.165) is 37.8 Å². The molecule has 0 N–H and O–H groups in total. The minimum absolute atomic E-state index is 0. The smallest absolute Gasteiger partial charge is 0.545 e. The molecule has 0 rings (SSSR count). The molecule has 9 heteroatoms. The molecule has 0 fully saturated rings. The maximum absolute atomic E-state index is 11.1. The standard InChI is InChI=1S/2C22H40O4.Mg/c2*1-2-3-4-5-6-7-8-9-10-11-12-13-14-15-16-17-20-26-22(25)19-18-21(23)24;/h2*18-19H,2-17,20H2,1H3,(H,23,24);/q;;+2/p-2/b2*19-18-;. The van der Waals surface area contributed by atoms with Crippen molar-refractivity contribution < 1.29 is 38.9 Å². The van der Waals surface area contributed by atoms with Gasteiger partial charge < -0.3 is 29.3 Å². The van der Waals surface area contributed by atoms with Crippen LogP contribution in [0.3, 0.4) is 0 Å². The Hall–Kier alpha value is -1.87. The van der Waals surface area contributed by atoms with Gasteiger partial charge in [0.25, 0.3) is 0 Å². The van der Waals surface area contributed by atoms with E-state index in [4.69, 9.17) is 9.47 Å². The van der Waals surface area contributed by atoms with Crippen LogP contribution in [0.15, 0.2) is 24.3 Å². The van der Waals surface area contributed by atoms with Crippen LogP contribution in [0.5, 0.6) is 0 Å². The molecule has 0 aromatic carbocycles. The molecule has 0 saturated heterocycles. The van der Waals surface area contributed by atoms with E-state index in [1.165, 1.54) is 180 Å². The van der Waals surface area contributed by atoms with Crippen molar-refractivity contribution in [2.24, 2.45) is 0 Å². The molecule has 0 bridgehead atoms. The molecule has 0 heterocycles. The molecule has 0 spiro atoms. The number of carboxylic acids is 2. The number of unbranched alkanes of at least 4 members (excludes halogenated alkanes) is 30. The monoisotopic (exact) mass is 759 g/mol. The van der Waals surface area contributed by atoms with Crippen molar-refractivity contribution in [3.8, 4) is 0 Å². The summed E-state index contributed by atoms with van der Waals surface area (Å²) in [6.45, 7) is 5.24. The molecule has 0 aliphatic rings. The molecule has 0 saturated carbocycles. The van der Waals surface area contributed by atoms with Crippen molar-refractivity contribution in [1.82, 2.24) is 0 Å². The van der Waals surface area contributed by atoms with Gasteiger partial charge in [-0.25, -0.2) is 9.59 Å². The van der Waals surface area contributed by atoms with Crippen LogP contribution in [0, 0.1) is 0 Å². The third-order valence-electron chi connectivity index (χ3n) is 9.20. The Morgan fingerprint density at radius 2 is 0.528 bits per heavy atom. The van der Waals surface area contributed by atoms with Crippen molar-refractivity contribution in [3.05, 3.63) is 24.3 Å². The minimum Gasteiger partial charge on any atom is -0.545 e. The van der Waals surface area contributed by atoms with Gasteiger partial charge in [-0.15, -0.1) is 0 Å². The molecular weight excluding hydrogens is 681 g/mol. The molecule has 0 amide bonds. The zero-order valence-corrected chi connectivity index (χ0v) is 35.7. The van der Waals surface area contributed by atoms with Crippen LogP contribution in [0.2, 0.25) is 0 Å². The van der Waals surface area contributed by atoms with Crippen LogP contribution in [-0.4, -0.2) is 60.1 Å². The van der Waals surface area contributed by atoms with E-state index in [0.29, 0.717) is 25.4 Å². The van der Waals surface area contributed by atoms with Crippen molar-refractivity contribution >= 4 is 46.9 Å². The first-order valence-corrected chi connectivity index (χ1v) is 21.4. The van der Waals surface area contributed by atoms with Crippen molar-refractivity contribution in [2.45, 2.75) is 219 Å². The molecule has 0 unspecified atom stereocenters. The van der Waals surface area contributed by atoms with Gasteiger partial charge in [0.15, 0.2) is 0 Å². The molecule has 0 atom stereocenters. The summed E-state index contributed by atoms with van der Waals surface area (Å²) >= 11 is 0. The van der Waals surface area contributed by atoms with E-state index in [-0.39, 0.29) is 23.1 Å². The molecule has 0 aromatic rings. The molecule has 8 nitrogen and oxygen atoms in total. The second kappa shape index (κ2) is 48.1. The average Bonchev–Trinajstić information content (AvgIpc) is 3.12. The predicted octanol–water partition coefficient (Wildman–Crippen LogP) is 9.81. The van der Waals surface area contributed by atoms with Crippen molar-refractivity contribution in [1.29, 1.82) is 0 Å². The first-order valence-electron chi connectivity index (χ1n) is 21.4. The zero-order chi connectivity index (χ0) is 38.6. The topological polar surface area (TPSA) is 133 Å². The molecule has 53 heavy (non-hydrogen) atoms. The van der Waals surface area contributed by atoms with Crippen molar-refractivity contribution in [2.75, 3.05) is 13.2 Å². The van der Waals surface area contributed by atoms with E-state index in [2.05, 4.69) is 13.8 Å². The Morgan fingerprint density at radius 1 is 0.340 bits per heavy atom. The van der Waals surface area contributed by atoms with E-state index in [9.17, 15) is 29.4 Å². The normalized spacial score (nSPS) is 10.9. The van der Waals surface area contributed by atoms with E-state index in [1.807, 2.05) is 0 Å². The number of carbonyl (C=O) groups is 4. The number of aliphatic carboxylic acids is 2. The summed E-state index contributed by atoms with van der Waals surface area (Å²) in [5.41, 5.74) is 0. The van der Waals surface area contributed by atoms with E-state index in [1.54, 1.807) is 0 Å². The summed E-state index contributed by atoms with van der Waals surface area (Å²) in [6.07, 6.45) is 44.9. The number of rotatable bonds is 38. The molecule has 0 aromatic heterocycles. The number of esters is 2. The van der Waals surface area contributed by atoms with Gasteiger partial charge >= 0.3 is 35.0 Å². The average molecular weight is 759 g/mol. The molecule has 0 aliphatic heterocycles. The Kier molecular flexibility index (Phi) is 50.4. The number of hydrogen-bond acceptors (Lipinski definition) is 8. The predicted molar refractivity (Wildman–Crippen MR) is 215 cm³/mol. The van der Waals surface area contributed by atoms with Crippen LogP contribution >= 0.6 is 0 Å².